The van der Waals surface area contributed by atoms with Crippen molar-refractivity contribution in [2.45, 2.75) is 57.0 Å². The van der Waals surface area contributed by atoms with Gasteiger partial charge < -0.3 is 19.1 Å². The normalized spacial score (nSPS) is 24.8. The molecule has 39 heavy (non-hydrogen) atoms. The minimum Gasteiger partial charge on any atom is -0.462 e. The Balaban J connectivity index is 1.88. The highest BCUT2D eigenvalue weighted by Crippen LogP contribution is 2.47. The molecule has 3 rings (SSSR count). The van der Waals surface area contributed by atoms with E-state index in [1.54, 1.807) is 32.0 Å². The van der Waals surface area contributed by atoms with E-state index in [9.17, 15) is 28.4 Å². The Bertz CT molecular complexity index is 1370. The van der Waals surface area contributed by atoms with Gasteiger partial charge in [-0.15, -0.1) is 0 Å². The lowest BCUT2D eigenvalue weighted by Crippen LogP contribution is -2.45. The monoisotopic (exact) mass is 571 g/mol. The summed E-state index contributed by atoms with van der Waals surface area (Å²) in [6.07, 6.45) is -5.23. The largest absolute Gasteiger partial charge is 0.462 e. The molecule has 1 aromatic carbocycles. The van der Waals surface area contributed by atoms with Crippen LogP contribution in [0, 0.1) is 11.8 Å². The molecule has 0 amide bonds. The van der Waals surface area contributed by atoms with Crippen LogP contribution in [-0.4, -0.2) is 63.9 Å². The van der Waals surface area contributed by atoms with Crippen molar-refractivity contribution in [1.29, 1.82) is 0 Å². The Hall–Kier alpha value is -3.34. The number of aromatic amines is 1. The van der Waals surface area contributed by atoms with Crippen LogP contribution in [0.25, 0.3) is 0 Å². The van der Waals surface area contributed by atoms with E-state index in [0.29, 0.717) is 4.57 Å². The van der Waals surface area contributed by atoms with Gasteiger partial charge in [0.15, 0.2) is 6.23 Å². The van der Waals surface area contributed by atoms with Crippen molar-refractivity contribution >= 4 is 13.7 Å². The van der Waals surface area contributed by atoms with Crippen LogP contribution < -0.4 is 20.9 Å². The van der Waals surface area contributed by atoms with Crippen LogP contribution in [0.1, 0.15) is 27.0 Å². The van der Waals surface area contributed by atoms with E-state index in [4.69, 9.17) is 18.5 Å². The molecule has 0 aliphatic carbocycles. The number of benzene rings is 1. The zero-order valence-electron chi connectivity index (χ0n) is 21.2. The Morgan fingerprint density at radius 1 is 1.28 bits per heavy atom. The van der Waals surface area contributed by atoms with E-state index in [1.807, 2.05) is 16.8 Å². The average molecular weight is 571 g/mol. The summed E-state index contributed by atoms with van der Waals surface area (Å²) in [4.78, 5) is 38.0. The molecule has 2 heterocycles. The molecule has 212 valence electrons. The first kappa shape index (κ1) is 30.2. The molecule has 6 atom stereocenters. The highest BCUT2D eigenvalue weighted by atomic mass is 31.2. The lowest BCUT2D eigenvalue weighted by Gasteiger charge is -2.25. The Morgan fingerprint density at radius 2 is 1.97 bits per heavy atom. The summed E-state index contributed by atoms with van der Waals surface area (Å²) >= 11 is 0. The number of nitrogens with zero attached hydrogens (tertiary/aromatic N) is 1. The number of aromatic nitrogens is 2. The number of hydrogen-bond donors (Lipinski definition) is 3. The van der Waals surface area contributed by atoms with E-state index in [0.717, 1.165) is 12.3 Å². The predicted molar refractivity (Wildman–Crippen MR) is 133 cm³/mol. The number of hydrogen-bond acceptors (Lipinski definition) is 9. The van der Waals surface area contributed by atoms with Crippen molar-refractivity contribution < 1.29 is 41.8 Å². The van der Waals surface area contributed by atoms with Crippen molar-refractivity contribution in [2.75, 3.05) is 13.3 Å². The number of alkyl halides is 2. The fraction of sp³-hybridized carbons (Fsp3) is 0.458. The molecule has 1 aromatic heterocycles. The maximum Gasteiger partial charge on any atom is 0.459 e. The number of aliphatic hydroxyl groups excluding tert-OH is 1. The second-order valence-corrected chi connectivity index (χ2v) is 10.4. The van der Waals surface area contributed by atoms with Crippen LogP contribution in [0.4, 0.5) is 8.78 Å². The zero-order valence-corrected chi connectivity index (χ0v) is 22.1. The topological polar surface area (TPSA) is 158 Å². The van der Waals surface area contributed by atoms with Gasteiger partial charge in [0.2, 0.25) is 5.67 Å². The molecule has 0 bridgehead atoms. The molecule has 2 aromatic rings. The van der Waals surface area contributed by atoms with Gasteiger partial charge in [0, 0.05) is 12.3 Å². The maximum absolute atomic E-state index is 16.0. The van der Waals surface area contributed by atoms with E-state index in [-0.39, 0.29) is 5.75 Å². The molecule has 2 unspecified atom stereocenters. The first-order valence-corrected chi connectivity index (χ1v) is 13.3. The van der Waals surface area contributed by atoms with E-state index in [1.165, 1.54) is 19.1 Å². The number of rotatable bonds is 10. The maximum atomic E-state index is 16.0. The fourth-order valence-corrected chi connectivity index (χ4v) is 5.08. The van der Waals surface area contributed by atoms with Crippen LogP contribution in [0.2, 0.25) is 0 Å². The van der Waals surface area contributed by atoms with Crippen molar-refractivity contribution in [3.05, 3.63) is 63.4 Å². The number of aliphatic hydroxyl groups is 1. The zero-order chi connectivity index (χ0) is 28.8. The summed E-state index contributed by atoms with van der Waals surface area (Å²) in [5.41, 5.74) is -4.89. The molecule has 1 aliphatic rings. The molecule has 0 saturated carbocycles. The van der Waals surface area contributed by atoms with Crippen LogP contribution in [0.3, 0.4) is 0 Å². The molecule has 12 nitrogen and oxygen atoms in total. The number of nitrogens with one attached hydrogen (secondary N) is 2. The third-order valence-electron chi connectivity index (χ3n) is 5.33. The van der Waals surface area contributed by atoms with Gasteiger partial charge in [0.25, 0.3) is 5.56 Å². The quantitative estimate of drug-likeness (QED) is 0.217. The summed E-state index contributed by atoms with van der Waals surface area (Å²) in [7, 11) is -4.42. The summed E-state index contributed by atoms with van der Waals surface area (Å²) < 4.78 is 64.6. The predicted octanol–water partition coefficient (Wildman–Crippen LogP) is 1.61. The highest BCUT2D eigenvalue weighted by Gasteiger charge is 2.58. The third kappa shape index (κ3) is 7.40. The molecular weight excluding hydrogens is 543 g/mol. The molecule has 1 aliphatic heterocycles. The Kier molecular flexibility index (Phi) is 9.82. The van der Waals surface area contributed by atoms with Crippen molar-refractivity contribution in [3.8, 4) is 17.6 Å². The lowest BCUT2D eigenvalue weighted by molar-refractivity contribution is -0.149. The van der Waals surface area contributed by atoms with E-state index in [2.05, 4.69) is 5.09 Å². The summed E-state index contributed by atoms with van der Waals surface area (Å²) in [5, 5.41) is 13.2. The first-order valence-electron chi connectivity index (χ1n) is 11.8. The Labute approximate surface area is 221 Å². The van der Waals surface area contributed by atoms with Gasteiger partial charge in [-0.2, -0.15) is 5.09 Å². The summed E-state index contributed by atoms with van der Waals surface area (Å²) in [5.74, 6) is 3.13. The number of ether oxygens (including phenoxy) is 2. The van der Waals surface area contributed by atoms with Crippen molar-refractivity contribution in [3.63, 3.8) is 0 Å². The molecule has 1 saturated heterocycles. The van der Waals surface area contributed by atoms with Crippen molar-refractivity contribution in [2.24, 2.45) is 0 Å². The number of H-pyrrole nitrogens is 1. The van der Waals surface area contributed by atoms with Gasteiger partial charge in [-0.1, -0.05) is 30.0 Å². The van der Waals surface area contributed by atoms with Crippen LogP contribution >= 0.6 is 7.75 Å². The van der Waals surface area contributed by atoms with Crippen LogP contribution in [0.5, 0.6) is 5.75 Å². The van der Waals surface area contributed by atoms with Gasteiger partial charge in [-0.3, -0.25) is 23.7 Å². The number of carbonyl (C=O) groups excluding carboxylic acids is 1. The van der Waals surface area contributed by atoms with E-state index >= 15 is 4.39 Å². The van der Waals surface area contributed by atoms with E-state index < -0.39 is 74.5 Å². The van der Waals surface area contributed by atoms with Gasteiger partial charge >= 0.3 is 19.4 Å². The first-order chi connectivity index (χ1) is 18.4. The van der Waals surface area contributed by atoms with Gasteiger partial charge in [0.05, 0.1) is 12.7 Å². The summed E-state index contributed by atoms with van der Waals surface area (Å²) in [6.45, 7) is 2.55. The standard InChI is InChI=1S/C24H28F2N3O9P/c1-15(2)36-21(32)16(3)28-39(34,38-17-8-5-4-6-9-17)35-14-18-20(31)24(26,11-7-12-25)22(37-18)29-13-10-19(30)27-23(29)33/h4-6,8-10,13,15-16,18,20,22,31H,12,14H2,1-3H3,(H,28,34)(H,27,30,33)/t16-,18+,20?,22+,24+,39?/m0/s1. The molecule has 1 fully saturated rings. The number of esters is 1. The average Bonchev–Trinajstić information content (AvgIpc) is 3.11. The smallest absolute Gasteiger partial charge is 0.459 e. The van der Waals surface area contributed by atoms with Gasteiger partial charge in [-0.25, -0.2) is 18.1 Å². The van der Waals surface area contributed by atoms with Gasteiger partial charge in [-0.05, 0) is 32.9 Å². The second kappa shape index (κ2) is 12.7. The SMILES string of the molecule is CC(C)OC(=O)[C@H](C)NP(=O)(OC[C@H]1O[C@@H](n2ccc(=O)[nH]c2=O)[C@@](F)(C#CCF)C1O)Oc1ccccc1. The third-order valence-corrected chi connectivity index (χ3v) is 6.97. The molecule has 0 radical (unpaired) electrons. The second-order valence-electron chi connectivity index (χ2n) is 8.73. The Morgan fingerprint density at radius 3 is 2.59 bits per heavy atom. The number of halogens is 2. The summed E-state index contributed by atoms with van der Waals surface area (Å²) in [6, 6.07) is 7.52. The number of carbonyl (C=O) groups is 1. The molecule has 3 N–H and O–H groups in total. The molecule has 15 heteroatoms. The van der Waals surface area contributed by atoms with Crippen LogP contribution in [0.15, 0.2) is 52.2 Å². The molecule has 0 spiro atoms. The van der Waals surface area contributed by atoms with Crippen LogP contribution in [-0.2, 0) is 23.4 Å². The minimum atomic E-state index is -4.42. The highest BCUT2D eigenvalue weighted by molar-refractivity contribution is 7.52. The lowest BCUT2D eigenvalue weighted by atomic mass is 9.96. The minimum absolute atomic E-state index is 0.0944. The van der Waals surface area contributed by atoms with Gasteiger partial charge in [0.1, 0.15) is 30.7 Å². The number of para-hydroxylation sites is 1. The molecular formula is C24H28F2N3O9P. The fourth-order valence-electron chi connectivity index (χ4n) is 3.58. The van der Waals surface area contributed by atoms with Crippen molar-refractivity contribution in [1.82, 2.24) is 14.6 Å².